The summed E-state index contributed by atoms with van der Waals surface area (Å²) >= 11 is 0. The van der Waals surface area contributed by atoms with Crippen molar-refractivity contribution in [2.75, 3.05) is 18.6 Å². The molecule has 1 amide bonds. The summed E-state index contributed by atoms with van der Waals surface area (Å²) in [6.45, 7) is 5.28. The van der Waals surface area contributed by atoms with Crippen molar-refractivity contribution in [2.45, 2.75) is 26.2 Å². The van der Waals surface area contributed by atoms with Gasteiger partial charge < -0.3 is 9.64 Å². The lowest BCUT2D eigenvalue weighted by Gasteiger charge is -2.26. The van der Waals surface area contributed by atoms with Gasteiger partial charge in [-0.25, -0.2) is 0 Å². The largest absolute Gasteiger partial charge is 0.497 e. The van der Waals surface area contributed by atoms with E-state index in [1.165, 1.54) is 5.56 Å². The van der Waals surface area contributed by atoms with Crippen LogP contribution in [0.3, 0.4) is 0 Å². The van der Waals surface area contributed by atoms with Crippen molar-refractivity contribution in [1.29, 1.82) is 0 Å². The predicted octanol–water partition coefficient (Wildman–Crippen LogP) is 4.49. The van der Waals surface area contributed by atoms with Crippen LogP contribution >= 0.6 is 0 Å². The maximum Gasteiger partial charge on any atom is 0.227 e. The smallest absolute Gasteiger partial charge is 0.227 e. The fourth-order valence-electron chi connectivity index (χ4n) is 3.57. The fraction of sp³-hybridized carbons (Fsp3) is 0.381. The van der Waals surface area contributed by atoms with Crippen LogP contribution in [0.5, 0.6) is 5.75 Å². The van der Waals surface area contributed by atoms with E-state index >= 15 is 0 Å². The van der Waals surface area contributed by atoms with E-state index in [1.54, 1.807) is 7.11 Å². The second-order valence-electron chi connectivity index (χ2n) is 6.76. The molecule has 126 valence electrons. The molecule has 0 radical (unpaired) electrons. The molecule has 2 aromatic carbocycles. The van der Waals surface area contributed by atoms with E-state index in [1.807, 2.05) is 35.2 Å². The van der Waals surface area contributed by atoms with E-state index in [0.29, 0.717) is 18.3 Å². The van der Waals surface area contributed by atoms with Gasteiger partial charge in [0.2, 0.25) is 5.91 Å². The second kappa shape index (κ2) is 7.08. The summed E-state index contributed by atoms with van der Waals surface area (Å²) in [5, 5.41) is 0. The molecule has 0 N–H and O–H groups in total. The molecule has 3 nitrogen and oxygen atoms in total. The van der Waals surface area contributed by atoms with E-state index in [0.717, 1.165) is 18.0 Å². The molecule has 3 rings (SSSR count). The van der Waals surface area contributed by atoms with Crippen LogP contribution in [-0.4, -0.2) is 19.6 Å². The quantitative estimate of drug-likeness (QED) is 0.833. The van der Waals surface area contributed by atoms with Gasteiger partial charge in [-0.15, -0.1) is 0 Å². The van der Waals surface area contributed by atoms with Gasteiger partial charge in [-0.3, -0.25) is 4.79 Å². The molecule has 1 saturated heterocycles. The number of anilines is 1. The average Bonchev–Trinajstić information content (AvgIpc) is 2.74. The summed E-state index contributed by atoms with van der Waals surface area (Å²) < 4.78 is 5.22. The number of hydrogen-bond donors (Lipinski definition) is 0. The molecule has 0 aromatic heterocycles. The van der Waals surface area contributed by atoms with Crippen molar-refractivity contribution >= 4 is 11.6 Å². The number of hydrogen-bond acceptors (Lipinski definition) is 2. The van der Waals surface area contributed by atoms with Crippen molar-refractivity contribution in [1.82, 2.24) is 0 Å². The summed E-state index contributed by atoms with van der Waals surface area (Å²) in [6.07, 6.45) is 0.557. The van der Waals surface area contributed by atoms with Gasteiger partial charge in [0.25, 0.3) is 0 Å². The summed E-state index contributed by atoms with van der Waals surface area (Å²) in [5.41, 5.74) is 2.22. The van der Waals surface area contributed by atoms with Crippen LogP contribution in [0, 0.1) is 11.8 Å². The van der Waals surface area contributed by atoms with Crippen molar-refractivity contribution in [3.63, 3.8) is 0 Å². The minimum atomic E-state index is 0.199. The van der Waals surface area contributed by atoms with Crippen LogP contribution in [0.15, 0.2) is 54.6 Å². The Hall–Kier alpha value is -2.29. The van der Waals surface area contributed by atoms with Crippen LogP contribution < -0.4 is 9.64 Å². The van der Waals surface area contributed by atoms with Crippen LogP contribution in [0.2, 0.25) is 0 Å². The first-order valence-corrected chi connectivity index (χ1v) is 8.59. The van der Waals surface area contributed by atoms with Crippen molar-refractivity contribution in [2.24, 2.45) is 11.8 Å². The number of nitrogens with zero attached hydrogens (tertiary/aromatic N) is 1. The van der Waals surface area contributed by atoms with E-state index in [-0.39, 0.29) is 11.8 Å². The number of carbonyl (C=O) groups excluding carboxylic acids is 1. The lowest BCUT2D eigenvalue weighted by Crippen LogP contribution is -2.33. The molecule has 0 saturated carbocycles. The lowest BCUT2D eigenvalue weighted by molar-refractivity contribution is -0.118. The normalized spacial score (nSPS) is 24.5. The van der Waals surface area contributed by atoms with Crippen molar-refractivity contribution < 1.29 is 9.53 Å². The van der Waals surface area contributed by atoms with Gasteiger partial charge >= 0.3 is 0 Å². The topological polar surface area (TPSA) is 29.5 Å². The van der Waals surface area contributed by atoms with E-state index in [4.69, 9.17) is 4.74 Å². The van der Waals surface area contributed by atoms with E-state index in [9.17, 15) is 4.79 Å². The second-order valence-corrected chi connectivity index (χ2v) is 6.76. The molecule has 2 aromatic rings. The Kier molecular flexibility index (Phi) is 4.89. The molecule has 0 unspecified atom stereocenters. The van der Waals surface area contributed by atoms with Crippen LogP contribution in [-0.2, 0) is 4.79 Å². The maximum atomic E-state index is 12.9. The highest BCUT2D eigenvalue weighted by Gasteiger charge is 2.34. The summed E-state index contributed by atoms with van der Waals surface area (Å²) in [5.74, 6) is 2.18. The monoisotopic (exact) mass is 323 g/mol. The number of amides is 1. The van der Waals surface area contributed by atoms with Gasteiger partial charge in [-0.05, 0) is 47.6 Å². The lowest BCUT2D eigenvalue weighted by atomic mass is 9.79. The summed E-state index contributed by atoms with van der Waals surface area (Å²) in [6, 6.07) is 18.2. The first-order valence-electron chi connectivity index (χ1n) is 8.59. The predicted molar refractivity (Wildman–Crippen MR) is 97.5 cm³/mol. The third-order valence-electron chi connectivity index (χ3n) is 5.31. The third kappa shape index (κ3) is 3.30. The first-order chi connectivity index (χ1) is 11.6. The summed E-state index contributed by atoms with van der Waals surface area (Å²) in [4.78, 5) is 14.9. The number of benzene rings is 2. The van der Waals surface area contributed by atoms with Gasteiger partial charge in [-0.2, -0.15) is 0 Å². The zero-order valence-electron chi connectivity index (χ0n) is 14.6. The zero-order chi connectivity index (χ0) is 17.1. The maximum absolute atomic E-state index is 12.9. The molecule has 0 spiro atoms. The molecule has 24 heavy (non-hydrogen) atoms. The number of ether oxygens (including phenoxy) is 1. The van der Waals surface area contributed by atoms with Crippen molar-refractivity contribution in [3.05, 3.63) is 60.2 Å². The Morgan fingerprint density at radius 2 is 1.67 bits per heavy atom. The molecule has 1 fully saturated rings. The highest BCUT2D eigenvalue weighted by molar-refractivity contribution is 5.94. The van der Waals surface area contributed by atoms with Crippen LogP contribution in [0.25, 0.3) is 0 Å². The molecule has 0 bridgehead atoms. The standard InChI is InChI=1S/C21H25NO2/c1-15-14-22(18-9-11-19(24-3)12-10-18)21(23)13-20(16(15)2)17-7-5-4-6-8-17/h4-12,15-16,20H,13-14H2,1-3H3/t15-,16+,20+/m0/s1. The van der Waals surface area contributed by atoms with E-state index in [2.05, 4.69) is 38.1 Å². The molecule has 3 atom stereocenters. The molecule has 0 aliphatic carbocycles. The van der Waals surface area contributed by atoms with Gasteiger partial charge in [0.05, 0.1) is 7.11 Å². The minimum Gasteiger partial charge on any atom is -0.497 e. The first kappa shape index (κ1) is 16.6. The summed E-state index contributed by atoms with van der Waals surface area (Å²) in [7, 11) is 1.65. The number of methoxy groups -OCH3 is 1. The van der Waals surface area contributed by atoms with Crippen LogP contribution in [0.1, 0.15) is 31.7 Å². The molecular weight excluding hydrogens is 298 g/mol. The molecular formula is C21H25NO2. The minimum absolute atomic E-state index is 0.199. The highest BCUT2D eigenvalue weighted by atomic mass is 16.5. The Labute approximate surface area is 144 Å². The number of rotatable bonds is 3. The molecule has 3 heteroatoms. The van der Waals surface area contributed by atoms with Crippen LogP contribution in [0.4, 0.5) is 5.69 Å². The molecule has 1 aliphatic heterocycles. The van der Waals surface area contributed by atoms with E-state index < -0.39 is 0 Å². The Bertz CT molecular complexity index is 681. The Balaban J connectivity index is 1.88. The Morgan fingerprint density at radius 3 is 2.29 bits per heavy atom. The Morgan fingerprint density at radius 1 is 1.00 bits per heavy atom. The molecule has 1 heterocycles. The van der Waals surface area contributed by atoms with Gasteiger partial charge in [0.15, 0.2) is 0 Å². The average molecular weight is 323 g/mol. The highest BCUT2D eigenvalue weighted by Crippen LogP contribution is 2.37. The fourth-order valence-corrected chi connectivity index (χ4v) is 3.57. The van der Waals surface area contributed by atoms with Gasteiger partial charge in [0.1, 0.15) is 5.75 Å². The van der Waals surface area contributed by atoms with Gasteiger partial charge in [-0.1, -0.05) is 44.2 Å². The number of carbonyl (C=O) groups is 1. The zero-order valence-corrected chi connectivity index (χ0v) is 14.6. The third-order valence-corrected chi connectivity index (χ3v) is 5.31. The molecule has 1 aliphatic rings. The van der Waals surface area contributed by atoms with Gasteiger partial charge in [0, 0.05) is 18.7 Å². The SMILES string of the molecule is COc1ccc(N2C[C@H](C)[C@@H](C)[C@H](c3ccccc3)CC2=O)cc1. The van der Waals surface area contributed by atoms with Crippen molar-refractivity contribution in [3.8, 4) is 5.75 Å².